The second kappa shape index (κ2) is 34.2. The van der Waals surface area contributed by atoms with Crippen LogP contribution in [-0.4, -0.2) is 44.7 Å². The van der Waals surface area contributed by atoms with Crippen molar-refractivity contribution in [2.45, 2.75) is 224 Å². The van der Waals surface area contributed by atoms with Gasteiger partial charge in [-0.1, -0.05) is 180 Å². The second-order valence-electron chi connectivity index (χ2n) is 13.9. The van der Waals surface area contributed by atoms with Gasteiger partial charge < -0.3 is 15.3 Å². The maximum atomic E-state index is 11.0. The third-order valence-electron chi connectivity index (χ3n) is 9.40. The molecule has 0 atom stereocenters. The molecule has 0 aliphatic carbocycles. The third-order valence-corrected chi connectivity index (χ3v) is 9.40. The number of hydrogen-bond donors (Lipinski definition) is 4. The first-order valence-electron chi connectivity index (χ1n) is 19.3. The molecule has 0 aromatic heterocycles. The summed E-state index contributed by atoms with van der Waals surface area (Å²) in [5, 5.41) is 37.3. The molecule has 0 spiro atoms. The number of aliphatic carboxylic acids is 2. The molecule has 0 radical (unpaired) electrons. The lowest BCUT2D eigenvalue weighted by atomic mass is 9.90. The van der Waals surface area contributed by atoms with E-state index in [2.05, 4.69) is 4.89 Å². The van der Waals surface area contributed by atoms with Gasteiger partial charge in [0, 0.05) is 12.8 Å². The molecule has 0 heterocycles. The quantitative estimate of drug-likeness (QED) is 0.0300. The maximum absolute atomic E-state index is 11.0. The van der Waals surface area contributed by atoms with Gasteiger partial charge in [0.05, 0.1) is 5.60 Å². The van der Waals surface area contributed by atoms with Crippen LogP contribution in [0.3, 0.4) is 0 Å². The normalized spacial score (nSPS) is 11.8. The first-order chi connectivity index (χ1) is 21.9. The van der Waals surface area contributed by atoms with Gasteiger partial charge in [-0.25, -0.2) is 4.89 Å². The van der Waals surface area contributed by atoms with Crippen LogP contribution in [0, 0.1) is 0 Å². The molecular formula is C38H74O7. The van der Waals surface area contributed by atoms with Gasteiger partial charge in [-0.3, -0.25) is 14.8 Å². The summed E-state index contributed by atoms with van der Waals surface area (Å²) < 4.78 is 0. The van der Waals surface area contributed by atoms with Gasteiger partial charge in [-0.2, -0.15) is 0 Å². The monoisotopic (exact) mass is 643 g/mol. The molecule has 0 fully saturated rings. The molecule has 7 nitrogen and oxygen atoms in total. The van der Waals surface area contributed by atoms with Crippen molar-refractivity contribution in [2.75, 3.05) is 6.61 Å². The number of carboxylic acid groups (broad SMARTS) is 2. The van der Waals surface area contributed by atoms with E-state index in [0.29, 0.717) is 25.7 Å². The van der Waals surface area contributed by atoms with Gasteiger partial charge in [-0.05, 0) is 25.7 Å². The minimum absolute atomic E-state index is 0.0163. The summed E-state index contributed by atoms with van der Waals surface area (Å²) in [6.45, 7) is 0.0163. The van der Waals surface area contributed by atoms with Crippen molar-refractivity contribution in [2.24, 2.45) is 0 Å². The Hall–Kier alpha value is -1.18. The summed E-state index contributed by atoms with van der Waals surface area (Å²) in [5.41, 5.74) is -0.897. The molecule has 0 rings (SSSR count). The number of hydrogen-bond acceptors (Lipinski definition) is 5. The van der Waals surface area contributed by atoms with Crippen molar-refractivity contribution in [3.05, 3.63) is 0 Å². The Morgan fingerprint density at radius 2 is 0.578 bits per heavy atom. The van der Waals surface area contributed by atoms with Gasteiger partial charge in [-0.15, -0.1) is 0 Å². The first kappa shape index (κ1) is 43.8. The summed E-state index contributed by atoms with van der Waals surface area (Å²) in [5.74, 6) is -1.35. The van der Waals surface area contributed by atoms with Crippen molar-refractivity contribution < 1.29 is 35.1 Å². The number of carboxylic acids is 2. The highest BCUT2D eigenvalue weighted by Crippen LogP contribution is 2.24. The zero-order valence-corrected chi connectivity index (χ0v) is 29.3. The predicted octanol–water partition coefficient (Wildman–Crippen LogP) is 11.6. The highest BCUT2D eigenvalue weighted by Gasteiger charge is 2.26. The van der Waals surface area contributed by atoms with E-state index >= 15 is 0 Å². The Bertz CT molecular complexity index is 592. The Labute approximate surface area is 277 Å². The molecule has 0 saturated carbocycles. The van der Waals surface area contributed by atoms with Crippen LogP contribution >= 0.6 is 0 Å². The van der Waals surface area contributed by atoms with Crippen LogP contribution in [0.5, 0.6) is 0 Å². The van der Waals surface area contributed by atoms with E-state index in [4.69, 9.17) is 15.5 Å². The number of aliphatic hydroxyl groups is 1. The highest BCUT2D eigenvalue weighted by atomic mass is 17.1. The second-order valence-corrected chi connectivity index (χ2v) is 13.9. The van der Waals surface area contributed by atoms with Crippen molar-refractivity contribution >= 4 is 11.9 Å². The Kier molecular flexibility index (Phi) is 33.3. The minimum Gasteiger partial charge on any atom is -0.481 e. The fourth-order valence-corrected chi connectivity index (χ4v) is 6.45. The van der Waals surface area contributed by atoms with Crippen molar-refractivity contribution in [3.8, 4) is 0 Å². The standard InChI is InChI=1S/C38H74O7/c39-36(40)31-27-23-19-15-11-7-3-1-5-9-13-17-21-25-29-33-38(43,35-45-44)34-30-26-22-18-14-10-6-2-4-8-12-16-20-24-28-32-37(41)42/h43-44H,1-35H2,(H,39,40)(H,41,42). The summed E-state index contributed by atoms with van der Waals surface area (Å²) in [6.07, 6.45) is 38.2. The van der Waals surface area contributed by atoms with E-state index in [1.54, 1.807) is 0 Å². The molecule has 0 aromatic carbocycles. The molecule has 268 valence electrons. The molecule has 0 unspecified atom stereocenters. The van der Waals surface area contributed by atoms with Crippen LogP contribution in [0.25, 0.3) is 0 Å². The molecule has 0 saturated heterocycles. The topological polar surface area (TPSA) is 124 Å². The van der Waals surface area contributed by atoms with E-state index in [1.165, 1.54) is 141 Å². The lowest BCUT2D eigenvalue weighted by Crippen LogP contribution is -2.34. The predicted molar refractivity (Wildman–Crippen MR) is 186 cm³/mol. The summed E-state index contributed by atoms with van der Waals surface area (Å²) in [6, 6.07) is 0. The molecule has 45 heavy (non-hydrogen) atoms. The van der Waals surface area contributed by atoms with Crippen molar-refractivity contribution in [1.29, 1.82) is 0 Å². The number of rotatable bonds is 38. The lowest BCUT2D eigenvalue weighted by Gasteiger charge is -2.26. The molecule has 7 heteroatoms. The van der Waals surface area contributed by atoms with E-state index in [9.17, 15) is 14.7 Å². The molecule has 0 bridgehead atoms. The smallest absolute Gasteiger partial charge is 0.303 e. The zero-order valence-electron chi connectivity index (χ0n) is 29.3. The van der Waals surface area contributed by atoms with Gasteiger partial charge in [0.25, 0.3) is 0 Å². The Balaban J connectivity index is 3.49. The van der Waals surface area contributed by atoms with E-state index < -0.39 is 17.5 Å². The van der Waals surface area contributed by atoms with Crippen LogP contribution in [0.2, 0.25) is 0 Å². The van der Waals surface area contributed by atoms with E-state index in [0.717, 1.165) is 51.4 Å². The van der Waals surface area contributed by atoms with Crippen molar-refractivity contribution in [1.82, 2.24) is 0 Å². The fraction of sp³-hybridized carbons (Fsp3) is 0.947. The van der Waals surface area contributed by atoms with Gasteiger partial charge >= 0.3 is 11.9 Å². The zero-order chi connectivity index (χ0) is 33.1. The molecule has 0 aromatic rings. The average Bonchev–Trinajstić information content (AvgIpc) is 3.00. The van der Waals surface area contributed by atoms with Crippen LogP contribution in [-0.2, 0) is 14.5 Å². The lowest BCUT2D eigenvalue weighted by molar-refractivity contribution is -0.274. The van der Waals surface area contributed by atoms with Crippen LogP contribution < -0.4 is 0 Å². The Morgan fingerprint density at radius 1 is 0.378 bits per heavy atom. The summed E-state index contributed by atoms with van der Waals surface area (Å²) >= 11 is 0. The highest BCUT2D eigenvalue weighted by molar-refractivity contribution is 5.66. The van der Waals surface area contributed by atoms with Crippen LogP contribution in [0.4, 0.5) is 0 Å². The molecule has 0 aliphatic rings. The molecule has 0 aliphatic heterocycles. The van der Waals surface area contributed by atoms with E-state index in [-0.39, 0.29) is 6.61 Å². The van der Waals surface area contributed by atoms with Crippen molar-refractivity contribution in [3.63, 3.8) is 0 Å². The van der Waals surface area contributed by atoms with Gasteiger partial charge in [0.15, 0.2) is 0 Å². The minimum atomic E-state index is -0.897. The fourth-order valence-electron chi connectivity index (χ4n) is 6.45. The number of carbonyl (C=O) groups is 2. The SMILES string of the molecule is O=C(O)CCCCCCCCCCCCCCCCCC(O)(CCCCCCCCCCCCCCCCCC(=O)O)COO. The number of unbranched alkanes of at least 4 members (excludes halogenated alkanes) is 28. The van der Waals surface area contributed by atoms with Crippen LogP contribution in [0.1, 0.15) is 218 Å². The largest absolute Gasteiger partial charge is 0.481 e. The summed E-state index contributed by atoms with van der Waals surface area (Å²) in [7, 11) is 0. The first-order valence-corrected chi connectivity index (χ1v) is 19.3. The molecule has 4 N–H and O–H groups in total. The van der Waals surface area contributed by atoms with E-state index in [1.807, 2.05) is 0 Å². The van der Waals surface area contributed by atoms with Gasteiger partial charge in [0.1, 0.15) is 6.61 Å². The maximum Gasteiger partial charge on any atom is 0.303 e. The van der Waals surface area contributed by atoms with Crippen LogP contribution in [0.15, 0.2) is 0 Å². The molecular weight excluding hydrogens is 568 g/mol. The Morgan fingerprint density at radius 3 is 0.778 bits per heavy atom. The molecule has 0 amide bonds. The third kappa shape index (κ3) is 35.5. The summed E-state index contributed by atoms with van der Waals surface area (Å²) in [4.78, 5) is 25.4. The average molecular weight is 643 g/mol. The van der Waals surface area contributed by atoms with Gasteiger partial charge in [0.2, 0.25) is 0 Å².